The summed E-state index contributed by atoms with van der Waals surface area (Å²) in [7, 11) is 1.89. The Morgan fingerprint density at radius 1 is 1.14 bits per heavy atom. The quantitative estimate of drug-likeness (QED) is 0.725. The molecule has 21 heavy (non-hydrogen) atoms. The molecule has 0 fully saturated rings. The number of hydrogen-bond acceptors (Lipinski definition) is 5. The van der Waals surface area contributed by atoms with Gasteiger partial charge in [-0.2, -0.15) is 0 Å². The molecule has 1 N–H and O–H groups in total. The van der Waals surface area contributed by atoms with Gasteiger partial charge in [0.25, 0.3) is 0 Å². The molecule has 0 bridgehead atoms. The van der Waals surface area contributed by atoms with Gasteiger partial charge in [0, 0.05) is 17.8 Å². The first-order valence-electron chi connectivity index (χ1n) is 6.50. The van der Waals surface area contributed by atoms with Crippen molar-refractivity contribution in [2.45, 2.75) is 11.5 Å². The Kier molecular flexibility index (Phi) is 4.63. The molecule has 0 aliphatic carbocycles. The van der Waals surface area contributed by atoms with Gasteiger partial charge < -0.3 is 5.32 Å². The number of thioether (sulfide) groups is 1. The summed E-state index contributed by atoms with van der Waals surface area (Å²) >= 11 is 9.34. The lowest BCUT2D eigenvalue weighted by atomic mass is 10.2. The number of fused-ring (bicyclic) bond motifs is 1. The minimum Gasteiger partial charge on any atom is -0.372 e. The summed E-state index contributed by atoms with van der Waals surface area (Å²) in [6, 6.07) is 10.0. The van der Waals surface area contributed by atoms with Crippen molar-refractivity contribution >= 4 is 50.7 Å². The van der Waals surface area contributed by atoms with Crippen LogP contribution in [0.1, 0.15) is 11.4 Å². The minimum absolute atomic E-state index is 0.772. The number of rotatable bonds is 5. The highest BCUT2D eigenvalue weighted by Gasteiger charge is 2.07. The van der Waals surface area contributed by atoms with Crippen LogP contribution in [-0.2, 0) is 11.5 Å². The summed E-state index contributed by atoms with van der Waals surface area (Å²) < 4.78 is 0. The smallest absolute Gasteiger partial charge is 0.142 e. The van der Waals surface area contributed by atoms with Crippen LogP contribution in [0.4, 0.5) is 5.82 Å². The molecular weight excluding hydrogens is 322 g/mol. The first kappa shape index (κ1) is 14.6. The number of halogens is 1. The maximum absolute atomic E-state index is 5.89. The fourth-order valence-electron chi connectivity index (χ4n) is 2.00. The third-order valence-corrected chi connectivity index (χ3v) is 5.08. The van der Waals surface area contributed by atoms with E-state index in [0.29, 0.717) is 0 Å². The zero-order valence-corrected chi connectivity index (χ0v) is 13.9. The van der Waals surface area contributed by atoms with E-state index < -0.39 is 0 Å². The van der Waals surface area contributed by atoms with Crippen molar-refractivity contribution in [2.24, 2.45) is 0 Å². The van der Waals surface area contributed by atoms with Crippen molar-refractivity contribution in [1.82, 2.24) is 9.97 Å². The maximum atomic E-state index is 5.89. The third kappa shape index (κ3) is 3.48. The van der Waals surface area contributed by atoms with Gasteiger partial charge in [0.05, 0.1) is 11.1 Å². The van der Waals surface area contributed by atoms with E-state index in [1.54, 1.807) is 23.1 Å². The van der Waals surface area contributed by atoms with Gasteiger partial charge in [-0.1, -0.05) is 23.7 Å². The predicted octanol–water partition coefficient (Wildman–Crippen LogP) is 4.82. The van der Waals surface area contributed by atoms with Crippen molar-refractivity contribution in [3.05, 3.63) is 52.1 Å². The van der Waals surface area contributed by atoms with Crippen LogP contribution < -0.4 is 5.32 Å². The second-order valence-electron chi connectivity index (χ2n) is 4.50. The fraction of sp³-hybridized carbons (Fsp3) is 0.200. The van der Waals surface area contributed by atoms with Crippen LogP contribution in [0.25, 0.3) is 10.2 Å². The van der Waals surface area contributed by atoms with Crippen LogP contribution in [-0.4, -0.2) is 17.0 Å². The van der Waals surface area contributed by atoms with Crippen LogP contribution in [0.3, 0.4) is 0 Å². The van der Waals surface area contributed by atoms with Crippen molar-refractivity contribution in [3.8, 4) is 0 Å². The van der Waals surface area contributed by atoms with E-state index in [2.05, 4.69) is 33.5 Å². The lowest BCUT2D eigenvalue weighted by Crippen LogP contribution is -1.99. The lowest BCUT2D eigenvalue weighted by Gasteiger charge is -2.05. The zero-order chi connectivity index (χ0) is 14.7. The molecule has 1 aromatic carbocycles. The van der Waals surface area contributed by atoms with Crippen LogP contribution in [0.15, 0.2) is 35.7 Å². The van der Waals surface area contributed by atoms with E-state index in [1.807, 2.05) is 24.6 Å². The van der Waals surface area contributed by atoms with Crippen LogP contribution in [0.2, 0.25) is 5.02 Å². The largest absolute Gasteiger partial charge is 0.372 e. The normalized spacial score (nSPS) is 11.0. The van der Waals surface area contributed by atoms with Crippen molar-refractivity contribution in [3.63, 3.8) is 0 Å². The van der Waals surface area contributed by atoms with E-state index in [-0.39, 0.29) is 0 Å². The number of benzene rings is 1. The molecule has 0 spiro atoms. The molecule has 0 saturated carbocycles. The van der Waals surface area contributed by atoms with E-state index >= 15 is 0 Å². The molecule has 3 nitrogen and oxygen atoms in total. The summed E-state index contributed by atoms with van der Waals surface area (Å²) in [5.41, 5.74) is 1.26. The molecule has 0 radical (unpaired) electrons. The molecule has 108 valence electrons. The number of nitrogens with one attached hydrogen (secondary N) is 1. The van der Waals surface area contributed by atoms with E-state index in [0.717, 1.165) is 38.4 Å². The molecule has 0 unspecified atom stereocenters. The SMILES string of the molecule is CNc1nc(CSCc2ccc(Cl)cc2)nc2sccc12. The monoisotopic (exact) mass is 335 g/mol. The lowest BCUT2D eigenvalue weighted by molar-refractivity contribution is 1.07. The number of anilines is 1. The van der Waals surface area contributed by atoms with Crippen LogP contribution >= 0.6 is 34.7 Å². The van der Waals surface area contributed by atoms with Gasteiger partial charge in [0.2, 0.25) is 0 Å². The van der Waals surface area contributed by atoms with Crippen LogP contribution in [0.5, 0.6) is 0 Å². The number of hydrogen-bond donors (Lipinski definition) is 1. The molecule has 0 aliphatic rings. The maximum Gasteiger partial charge on any atom is 0.142 e. The Morgan fingerprint density at radius 2 is 1.95 bits per heavy atom. The Labute approximate surface area is 136 Å². The second kappa shape index (κ2) is 6.64. The Morgan fingerprint density at radius 3 is 2.71 bits per heavy atom. The van der Waals surface area contributed by atoms with Gasteiger partial charge in [-0.15, -0.1) is 23.1 Å². The van der Waals surface area contributed by atoms with Gasteiger partial charge in [0.1, 0.15) is 16.5 Å². The number of thiophene rings is 1. The van der Waals surface area contributed by atoms with Gasteiger partial charge in [-0.25, -0.2) is 9.97 Å². The molecule has 2 aromatic heterocycles. The average Bonchev–Trinajstić information content (AvgIpc) is 2.97. The molecule has 0 amide bonds. The van der Waals surface area contributed by atoms with Gasteiger partial charge in [0.15, 0.2) is 0 Å². The first-order chi connectivity index (χ1) is 10.3. The Bertz CT molecular complexity index is 740. The van der Waals surface area contributed by atoms with Crippen LogP contribution in [0, 0.1) is 0 Å². The molecule has 3 rings (SSSR count). The second-order valence-corrected chi connectivity index (χ2v) is 6.81. The summed E-state index contributed by atoms with van der Waals surface area (Å²) in [5.74, 6) is 3.50. The number of nitrogens with zero attached hydrogens (tertiary/aromatic N) is 2. The van der Waals surface area contributed by atoms with E-state index in [1.165, 1.54) is 5.56 Å². The summed E-state index contributed by atoms with van der Waals surface area (Å²) in [6.45, 7) is 0. The van der Waals surface area contributed by atoms with Crippen molar-refractivity contribution in [1.29, 1.82) is 0 Å². The van der Waals surface area contributed by atoms with Gasteiger partial charge in [-0.05, 0) is 29.1 Å². The third-order valence-electron chi connectivity index (χ3n) is 3.02. The topological polar surface area (TPSA) is 37.8 Å². The van der Waals surface area contributed by atoms with Gasteiger partial charge in [-0.3, -0.25) is 0 Å². The average molecular weight is 336 g/mol. The predicted molar refractivity (Wildman–Crippen MR) is 93.4 cm³/mol. The molecule has 3 aromatic rings. The van der Waals surface area contributed by atoms with E-state index in [4.69, 9.17) is 11.6 Å². The highest BCUT2D eigenvalue weighted by molar-refractivity contribution is 7.97. The van der Waals surface area contributed by atoms with E-state index in [9.17, 15) is 0 Å². The zero-order valence-electron chi connectivity index (χ0n) is 11.5. The molecule has 0 saturated heterocycles. The van der Waals surface area contributed by atoms with Crippen molar-refractivity contribution < 1.29 is 0 Å². The Balaban J connectivity index is 1.68. The minimum atomic E-state index is 0.772. The summed E-state index contributed by atoms with van der Waals surface area (Å²) in [6.07, 6.45) is 0. The molecule has 0 atom stereocenters. The fourth-order valence-corrected chi connectivity index (χ4v) is 3.75. The summed E-state index contributed by atoms with van der Waals surface area (Å²) in [5, 5.41) is 7.05. The summed E-state index contributed by atoms with van der Waals surface area (Å²) in [4.78, 5) is 10.2. The Hall–Kier alpha value is -1.30. The molecule has 0 aliphatic heterocycles. The highest BCUT2D eigenvalue weighted by atomic mass is 35.5. The van der Waals surface area contributed by atoms with Crippen molar-refractivity contribution in [2.75, 3.05) is 12.4 Å². The number of aromatic nitrogens is 2. The highest BCUT2D eigenvalue weighted by Crippen LogP contribution is 2.26. The first-order valence-corrected chi connectivity index (χ1v) is 8.91. The molecular formula is C15H14ClN3S2. The molecule has 2 heterocycles. The molecule has 6 heteroatoms. The van der Waals surface area contributed by atoms with Gasteiger partial charge >= 0.3 is 0 Å². The standard InChI is InChI=1S/C15H14ClN3S2/c1-17-14-12-6-7-21-15(12)19-13(18-14)9-20-8-10-2-4-11(16)5-3-10/h2-7H,8-9H2,1H3,(H,17,18,19).